The molecule has 0 radical (unpaired) electrons. The van der Waals surface area contributed by atoms with Gasteiger partial charge in [-0.05, 0) is 44.4 Å². The Morgan fingerprint density at radius 1 is 1.11 bits per heavy atom. The number of benzene rings is 1. The topological polar surface area (TPSA) is 127 Å². The van der Waals surface area contributed by atoms with Crippen molar-refractivity contribution in [3.05, 3.63) is 47.0 Å². The summed E-state index contributed by atoms with van der Waals surface area (Å²) in [6.45, 7) is 6.97. The SMILES string of the molecule is C=C(C)C(=O)OC(CC)CCCOC(=O)c1ccc(C(=O)O)c(C(=O)O)c1. The summed E-state index contributed by atoms with van der Waals surface area (Å²) >= 11 is 0. The third-order valence-electron chi connectivity index (χ3n) is 3.70. The third kappa shape index (κ3) is 6.58. The van der Waals surface area contributed by atoms with Crippen LogP contribution < -0.4 is 0 Å². The van der Waals surface area contributed by atoms with E-state index >= 15 is 0 Å². The highest BCUT2D eigenvalue weighted by Crippen LogP contribution is 2.15. The molecule has 8 nitrogen and oxygen atoms in total. The largest absolute Gasteiger partial charge is 0.478 e. The van der Waals surface area contributed by atoms with Crippen LogP contribution in [0.2, 0.25) is 0 Å². The Hall–Kier alpha value is -3.16. The van der Waals surface area contributed by atoms with Gasteiger partial charge >= 0.3 is 23.9 Å². The number of esters is 2. The first-order valence-corrected chi connectivity index (χ1v) is 8.31. The predicted molar refractivity (Wildman–Crippen MR) is 94.9 cm³/mol. The molecule has 1 atom stereocenters. The van der Waals surface area contributed by atoms with Crippen LogP contribution in [-0.4, -0.2) is 46.8 Å². The molecule has 146 valence electrons. The maximum absolute atomic E-state index is 12.0. The Morgan fingerprint density at radius 2 is 1.74 bits per heavy atom. The van der Waals surface area contributed by atoms with Crippen molar-refractivity contribution in [3.63, 3.8) is 0 Å². The second-order valence-electron chi connectivity index (χ2n) is 5.86. The van der Waals surface area contributed by atoms with Crippen LogP contribution in [0.4, 0.5) is 0 Å². The molecular weight excluding hydrogens is 356 g/mol. The van der Waals surface area contributed by atoms with Crippen LogP contribution in [0.5, 0.6) is 0 Å². The fourth-order valence-electron chi connectivity index (χ4n) is 2.19. The van der Waals surface area contributed by atoms with Gasteiger partial charge in [-0.1, -0.05) is 13.5 Å². The number of carbonyl (C=O) groups is 4. The molecule has 1 aromatic carbocycles. The molecule has 0 amide bonds. The van der Waals surface area contributed by atoms with Crippen molar-refractivity contribution < 1.29 is 38.9 Å². The average molecular weight is 378 g/mol. The second kappa shape index (κ2) is 10.1. The van der Waals surface area contributed by atoms with Crippen molar-refractivity contribution >= 4 is 23.9 Å². The van der Waals surface area contributed by atoms with Gasteiger partial charge in [-0.3, -0.25) is 0 Å². The first-order valence-electron chi connectivity index (χ1n) is 8.31. The molecule has 0 heterocycles. The first-order chi connectivity index (χ1) is 12.7. The zero-order chi connectivity index (χ0) is 20.6. The summed E-state index contributed by atoms with van der Waals surface area (Å²) in [6, 6.07) is 3.21. The molecule has 0 saturated carbocycles. The Labute approximate surface area is 156 Å². The summed E-state index contributed by atoms with van der Waals surface area (Å²) in [5.74, 6) is -4.09. The number of rotatable bonds is 10. The number of carboxylic acids is 2. The number of carboxylic acid groups (broad SMARTS) is 2. The van der Waals surface area contributed by atoms with Crippen LogP contribution in [0, 0.1) is 0 Å². The molecule has 27 heavy (non-hydrogen) atoms. The lowest BCUT2D eigenvalue weighted by molar-refractivity contribution is -0.144. The van der Waals surface area contributed by atoms with Gasteiger partial charge in [0.2, 0.25) is 0 Å². The summed E-state index contributed by atoms with van der Waals surface area (Å²) < 4.78 is 10.3. The quantitative estimate of drug-likeness (QED) is 0.361. The molecule has 0 spiro atoms. The maximum atomic E-state index is 12.0. The minimum atomic E-state index is -1.45. The molecular formula is C19H22O8. The fraction of sp³-hybridized carbons (Fsp3) is 0.368. The molecule has 8 heteroatoms. The molecule has 2 N–H and O–H groups in total. The summed E-state index contributed by atoms with van der Waals surface area (Å²) in [5.41, 5.74) is -0.657. The molecule has 1 rings (SSSR count). The van der Waals surface area contributed by atoms with Gasteiger partial charge in [0.05, 0.1) is 23.3 Å². The fourth-order valence-corrected chi connectivity index (χ4v) is 2.19. The minimum Gasteiger partial charge on any atom is -0.478 e. The number of hydrogen-bond donors (Lipinski definition) is 2. The van der Waals surface area contributed by atoms with Crippen molar-refractivity contribution in [1.29, 1.82) is 0 Å². The van der Waals surface area contributed by atoms with E-state index in [0.29, 0.717) is 24.8 Å². The van der Waals surface area contributed by atoms with E-state index in [0.717, 1.165) is 12.1 Å². The maximum Gasteiger partial charge on any atom is 0.338 e. The van der Waals surface area contributed by atoms with E-state index in [2.05, 4.69) is 6.58 Å². The van der Waals surface area contributed by atoms with Crippen molar-refractivity contribution in [2.45, 2.75) is 39.2 Å². The van der Waals surface area contributed by atoms with Crippen LogP contribution in [0.1, 0.15) is 64.2 Å². The van der Waals surface area contributed by atoms with Gasteiger partial charge in [-0.15, -0.1) is 0 Å². The summed E-state index contributed by atoms with van der Waals surface area (Å²) in [4.78, 5) is 45.7. The summed E-state index contributed by atoms with van der Waals surface area (Å²) in [7, 11) is 0. The monoisotopic (exact) mass is 378 g/mol. The standard InChI is InChI=1S/C19H22O8/c1-4-13(27-18(24)11(2)3)6-5-9-26-19(25)12-7-8-14(16(20)21)15(10-12)17(22)23/h7-8,10,13H,2,4-6,9H2,1,3H3,(H,20,21)(H,22,23). The summed E-state index contributed by atoms with van der Waals surface area (Å²) in [5, 5.41) is 18.0. The van der Waals surface area contributed by atoms with Crippen LogP contribution in [0.3, 0.4) is 0 Å². The molecule has 0 fully saturated rings. The smallest absolute Gasteiger partial charge is 0.338 e. The Bertz CT molecular complexity index is 750. The second-order valence-corrected chi connectivity index (χ2v) is 5.86. The van der Waals surface area contributed by atoms with Gasteiger partial charge in [0.1, 0.15) is 6.10 Å². The number of ether oxygens (including phenoxy) is 2. The van der Waals surface area contributed by atoms with E-state index in [-0.39, 0.29) is 18.3 Å². The van der Waals surface area contributed by atoms with Gasteiger partial charge < -0.3 is 19.7 Å². The lowest BCUT2D eigenvalue weighted by Crippen LogP contribution is -2.19. The highest BCUT2D eigenvalue weighted by atomic mass is 16.5. The van der Waals surface area contributed by atoms with Crippen LogP contribution in [0.15, 0.2) is 30.4 Å². The van der Waals surface area contributed by atoms with Crippen molar-refractivity contribution in [1.82, 2.24) is 0 Å². The number of aromatic carboxylic acids is 2. The molecule has 0 bridgehead atoms. The molecule has 0 aromatic heterocycles. The van der Waals surface area contributed by atoms with Crippen LogP contribution >= 0.6 is 0 Å². The third-order valence-corrected chi connectivity index (χ3v) is 3.70. The van der Waals surface area contributed by atoms with Gasteiger partial charge in [0.25, 0.3) is 0 Å². The molecule has 0 aliphatic carbocycles. The molecule has 0 aliphatic heterocycles. The van der Waals surface area contributed by atoms with Crippen molar-refractivity contribution in [2.75, 3.05) is 6.61 Å². The number of carbonyl (C=O) groups excluding carboxylic acids is 2. The van der Waals surface area contributed by atoms with Gasteiger partial charge in [-0.25, -0.2) is 19.2 Å². The highest BCUT2D eigenvalue weighted by molar-refractivity contribution is 6.03. The highest BCUT2D eigenvalue weighted by Gasteiger charge is 2.19. The van der Waals surface area contributed by atoms with Gasteiger partial charge in [-0.2, -0.15) is 0 Å². The van der Waals surface area contributed by atoms with E-state index in [1.807, 2.05) is 6.92 Å². The normalized spacial score (nSPS) is 11.3. The molecule has 1 aromatic rings. The number of hydrogen-bond acceptors (Lipinski definition) is 6. The van der Waals surface area contributed by atoms with E-state index in [1.54, 1.807) is 6.92 Å². The Morgan fingerprint density at radius 3 is 2.26 bits per heavy atom. The lowest BCUT2D eigenvalue weighted by atomic mass is 10.0. The minimum absolute atomic E-state index is 0.0447. The van der Waals surface area contributed by atoms with Crippen molar-refractivity contribution in [2.24, 2.45) is 0 Å². The van der Waals surface area contributed by atoms with Crippen LogP contribution in [0.25, 0.3) is 0 Å². The van der Waals surface area contributed by atoms with Crippen LogP contribution in [-0.2, 0) is 14.3 Å². The van der Waals surface area contributed by atoms with Gasteiger partial charge in [0, 0.05) is 5.57 Å². The zero-order valence-corrected chi connectivity index (χ0v) is 15.2. The van der Waals surface area contributed by atoms with E-state index < -0.39 is 35.0 Å². The first kappa shape index (κ1) is 21.9. The molecule has 1 unspecified atom stereocenters. The molecule has 0 saturated heterocycles. The van der Waals surface area contributed by atoms with E-state index in [1.165, 1.54) is 6.07 Å². The van der Waals surface area contributed by atoms with E-state index in [4.69, 9.17) is 19.7 Å². The average Bonchev–Trinajstić information content (AvgIpc) is 2.62. The zero-order valence-electron chi connectivity index (χ0n) is 15.2. The Balaban J connectivity index is 2.61. The lowest BCUT2D eigenvalue weighted by Gasteiger charge is -2.16. The van der Waals surface area contributed by atoms with Crippen molar-refractivity contribution in [3.8, 4) is 0 Å². The van der Waals surface area contributed by atoms with E-state index in [9.17, 15) is 19.2 Å². The predicted octanol–water partition coefficient (Wildman–Crippen LogP) is 2.92. The molecule has 0 aliphatic rings. The summed E-state index contributed by atoms with van der Waals surface area (Å²) in [6.07, 6.45) is 1.21. The Kier molecular flexibility index (Phi) is 8.19. The van der Waals surface area contributed by atoms with Gasteiger partial charge in [0.15, 0.2) is 0 Å².